The van der Waals surface area contributed by atoms with Crippen LogP contribution in [0.3, 0.4) is 0 Å². The number of carboxylic acids is 1. The smallest absolute Gasteiger partial charge is 0.313 e. The van der Waals surface area contributed by atoms with Crippen LogP contribution in [0.15, 0.2) is 18.3 Å². The number of ether oxygens (including phenoxy) is 4. The van der Waals surface area contributed by atoms with Crippen molar-refractivity contribution < 1.29 is 33.6 Å². The van der Waals surface area contributed by atoms with Gasteiger partial charge in [-0.25, -0.2) is 0 Å². The quantitative estimate of drug-likeness (QED) is 0.335. The van der Waals surface area contributed by atoms with E-state index in [9.17, 15) is 9.59 Å². The van der Waals surface area contributed by atoms with Gasteiger partial charge in [0, 0.05) is 44.4 Å². The number of aliphatic carboxylic acids is 1. The van der Waals surface area contributed by atoms with Crippen molar-refractivity contribution in [2.24, 2.45) is 5.92 Å². The van der Waals surface area contributed by atoms with Crippen LogP contribution in [0.5, 0.6) is 5.75 Å². The summed E-state index contributed by atoms with van der Waals surface area (Å²) in [6.07, 6.45) is 6.50. The van der Waals surface area contributed by atoms with Gasteiger partial charge in [-0.1, -0.05) is 6.92 Å². The molecular formula is C23H34N2O7S. The van der Waals surface area contributed by atoms with Crippen LogP contribution in [-0.2, 0) is 30.2 Å². The molecule has 9 nitrogen and oxygen atoms in total. The van der Waals surface area contributed by atoms with Crippen LogP contribution < -0.4 is 4.74 Å². The summed E-state index contributed by atoms with van der Waals surface area (Å²) in [4.78, 5) is 30.2. The predicted molar refractivity (Wildman–Crippen MR) is 123 cm³/mol. The number of aromatic nitrogens is 1. The highest BCUT2D eigenvalue weighted by atomic mass is 32.2. The van der Waals surface area contributed by atoms with Crippen molar-refractivity contribution in [3.05, 3.63) is 24.0 Å². The summed E-state index contributed by atoms with van der Waals surface area (Å²) in [5.41, 5.74) is -0.530. The van der Waals surface area contributed by atoms with E-state index in [1.54, 1.807) is 11.1 Å². The number of thioether (sulfide) groups is 1. The highest BCUT2D eigenvalue weighted by Gasteiger charge is 2.62. The molecule has 2 atom stereocenters. The Labute approximate surface area is 199 Å². The van der Waals surface area contributed by atoms with Gasteiger partial charge in [-0.15, -0.1) is 11.8 Å². The third-order valence-corrected chi connectivity index (χ3v) is 7.24. The first-order valence-electron chi connectivity index (χ1n) is 11.2. The molecule has 3 rings (SSSR count). The molecule has 1 aliphatic heterocycles. The Morgan fingerprint density at radius 3 is 2.70 bits per heavy atom. The fourth-order valence-electron chi connectivity index (χ4n) is 4.48. The summed E-state index contributed by atoms with van der Waals surface area (Å²) in [7, 11) is 3.01. The maximum Gasteiger partial charge on any atom is 0.313 e. The zero-order chi connectivity index (χ0) is 23.8. The maximum absolute atomic E-state index is 13.2. The van der Waals surface area contributed by atoms with Crippen LogP contribution in [0.25, 0.3) is 0 Å². The first-order chi connectivity index (χ1) is 15.9. The minimum atomic E-state index is -1.20. The molecule has 0 bridgehead atoms. The van der Waals surface area contributed by atoms with Crippen LogP contribution in [0.4, 0.5) is 0 Å². The lowest BCUT2D eigenvalue weighted by Crippen LogP contribution is -2.77. The first kappa shape index (κ1) is 25.7. The number of carboxylic acid groups (broad SMARTS) is 1. The van der Waals surface area contributed by atoms with Gasteiger partial charge in [0.1, 0.15) is 19.3 Å². The number of carbonyl (C=O) groups is 2. The Balaban J connectivity index is 1.76. The number of likely N-dealkylation sites (tertiary alicyclic amines) is 1. The number of methoxy groups -OCH3 is 2. The second-order valence-corrected chi connectivity index (χ2v) is 9.75. The molecule has 1 aromatic heterocycles. The molecule has 0 radical (unpaired) electrons. The van der Waals surface area contributed by atoms with E-state index in [0.717, 1.165) is 37.4 Å². The van der Waals surface area contributed by atoms with Gasteiger partial charge in [-0.2, -0.15) is 0 Å². The Morgan fingerprint density at radius 2 is 2.03 bits per heavy atom. The van der Waals surface area contributed by atoms with Crippen molar-refractivity contribution in [3.63, 3.8) is 0 Å². The van der Waals surface area contributed by atoms with Gasteiger partial charge in [-0.3, -0.25) is 14.6 Å². The number of hydrogen-bond acceptors (Lipinski definition) is 8. The van der Waals surface area contributed by atoms with E-state index >= 15 is 0 Å². The van der Waals surface area contributed by atoms with Gasteiger partial charge >= 0.3 is 5.97 Å². The van der Waals surface area contributed by atoms with E-state index in [-0.39, 0.29) is 43.8 Å². The van der Waals surface area contributed by atoms with E-state index in [1.165, 1.54) is 26.0 Å². The molecule has 184 valence electrons. The lowest BCUT2D eigenvalue weighted by Gasteiger charge is -2.54. The number of pyridine rings is 1. The van der Waals surface area contributed by atoms with E-state index < -0.39 is 11.6 Å². The number of nitrogens with zero attached hydrogens (tertiary/aromatic N) is 2. The minimum Gasteiger partial charge on any atom is -0.490 e. The zero-order valence-corrected chi connectivity index (χ0v) is 20.3. The molecule has 2 fully saturated rings. The summed E-state index contributed by atoms with van der Waals surface area (Å²) in [5, 5.41) is 9.02. The Hall–Kier alpha value is -1.88. The summed E-state index contributed by atoms with van der Waals surface area (Å²) >= 11 is 1.23. The predicted octanol–water partition coefficient (Wildman–Crippen LogP) is 2.57. The molecule has 0 spiro atoms. The van der Waals surface area contributed by atoms with Crippen LogP contribution in [0.1, 0.15) is 38.3 Å². The second-order valence-electron chi connectivity index (χ2n) is 8.72. The summed E-state index contributed by atoms with van der Waals surface area (Å²) < 4.78 is 22.5. The largest absolute Gasteiger partial charge is 0.490 e. The number of rotatable bonds is 13. The zero-order valence-electron chi connectivity index (χ0n) is 19.5. The number of β-lactam (4-membered cyclic amide) rings is 1. The SMILES string of the molecule is COCO[C@@]1(Cc2cc(O[C@H]3CC[C@H](C)CC3)ccn2)C(=O)N(COC)[C@H]1CSCC(=O)O. The third-order valence-electron chi connectivity index (χ3n) is 6.24. The van der Waals surface area contributed by atoms with Crippen LogP contribution in [0.2, 0.25) is 0 Å². The van der Waals surface area contributed by atoms with Crippen LogP contribution >= 0.6 is 11.8 Å². The van der Waals surface area contributed by atoms with Crippen LogP contribution in [0, 0.1) is 5.92 Å². The Kier molecular flexibility index (Phi) is 9.37. The molecule has 2 aliphatic rings. The van der Waals surface area contributed by atoms with Gasteiger partial charge in [-0.05, 0) is 37.7 Å². The Bertz CT molecular complexity index is 803. The van der Waals surface area contributed by atoms with Gasteiger partial charge in [0.15, 0.2) is 5.60 Å². The highest BCUT2D eigenvalue weighted by Crippen LogP contribution is 2.39. The molecule has 0 unspecified atom stereocenters. The van der Waals surface area contributed by atoms with Crippen molar-refractivity contribution in [1.29, 1.82) is 0 Å². The van der Waals surface area contributed by atoms with Crippen molar-refractivity contribution in [1.82, 2.24) is 9.88 Å². The van der Waals surface area contributed by atoms with Gasteiger partial charge in [0.2, 0.25) is 0 Å². The monoisotopic (exact) mass is 482 g/mol. The highest BCUT2D eigenvalue weighted by molar-refractivity contribution is 7.99. The molecule has 33 heavy (non-hydrogen) atoms. The van der Waals surface area contributed by atoms with E-state index in [2.05, 4.69) is 11.9 Å². The lowest BCUT2D eigenvalue weighted by molar-refractivity contribution is -0.229. The van der Waals surface area contributed by atoms with Crippen molar-refractivity contribution in [3.8, 4) is 5.75 Å². The van der Waals surface area contributed by atoms with Crippen molar-refractivity contribution in [2.75, 3.05) is 39.2 Å². The normalized spacial score (nSPS) is 27.3. The average Bonchev–Trinajstić information content (AvgIpc) is 2.80. The number of hydrogen-bond donors (Lipinski definition) is 1. The fourth-order valence-corrected chi connectivity index (χ4v) is 5.45. The van der Waals surface area contributed by atoms with Gasteiger partial charge in [0.05, 0.1) is 17.9 Å². The van der Waals surface area contributed by atoms with E-state index in [0.29, 0.717) is 11.4 Å². The van der Waals surface area contributed by atoms with Crippen molar-refractivity contribution in [2.45, 2.75) is 56.8 Å². The second kappa shape index (κ2) is 12.0. The molecular weight excluding hydrogens is 448 g/mol. The summed E-state index contributed by atoms with van der Waals surface area (Å²) in [6.45, 7) is 2.31. The van der Waals surface area contributed by atoms with Gasteiger partial charge < -0.3 is 29.0 Å². The number of carbonyl (C=O) groups excluding carboxylic acids is 1. The van der Waals surface area contributed by atoms with E-state index in [1.807, 2.05) is 12.1 Å². The lowest BCUT2D eigenvalue weighted by atomic mass is 9.79. The fraction of sp³-hybridized carbons (Fsp3) is 0.696. The third kappa shape index (κ3) is 6.38. The maximum atomic E-state index is 13.2. The Morgan fingerprint density at radius 1 is 1.27 bits per heavy atom. The molecule has 1 aromatic rings. The van der Waals surface area contributed by atoms with Gasteiger partial charge in [0.25, 0.3) is 5.91 Å². The standard InChI is InChI=1S/C23H34N2O7S/c1-16-4-6-18(7-5-16)32-19-8-9-24-17(10-19)11-23(31-15-30-3)20(12-33-13-21(26)27)25(14-29-2)22(23)28/h8-10,16,18,20H,4-7,11-15H2,1-3H3,(H,26,27)/t16-,18-,20-,23+/m0/s1. The molecule has 1 amide bonds. The average molecular weight is 483 g/mol. The van der Waals surface area contributed by atoms with E-state index in [4.69, 9.17) is 24.1 Å². The molecule has 1 aliphatic carbocycles. The first-order valence-corrected chi connectivity index (χ1v) is 12.4. The summed E-state index contributed by atoms with van der Waals surface area (Å²) in [5.74, 6) is 0.673. The van der Waals surface area contributed by atoms with Crippen molar-refractivity contribution >= 4 is 23.6 Å². The molecule has 2 heterocycles. The topological polar surface area (TPSA) is 107 Å². The molecule has 1 saturated carbocycles. The molecule has 10 heteroatoms. The number of amides is 1. The molecule has 1 saturated heterocycles. The van der Waals surface area contributed by atoms with Crippen LogP contribution in [-0.4, -0.2) is 83.9 Å². The molecule has 1 N–H and O–H groups in total. The molecule has 0 aromatic carbocycles. The summed E-state index contributed by atoms with van der Waals surface area (Å²) in [6, 6.07) is 3.32. The minimum absolute atomic E-state index is 0.0621.